The lowest BCUT2D eigenvalue weighted by molar-refractivity contribution is 0.0977. The van der Waals surface area contributed by atoms with Crippen LogP contribution < -0.4 is 20.3 Å². The van der Waals surface area contributed by atoms with Crippen LogP contribution in [0.15, 0.2) is 78.9 Å². The van der Waals surface area contributed by atoms with Crippen LogP contribution in [0.25, 0.3) is 0 Å². The average molecular weight is 432 g/mol. The van der Waals surface area contributed by atoms with Gasteiger partial charge in [-0.25, -0.2) is 0 Å². The predicted molar refractivity (Wildman–Crippen MR) is 129 cm³/mol. The molecule has 2 N–H and O–H groups in total. The van der Waals surface area contributed by atoms with Crippen molar-refractivity contribution in [2.45, 2.75) is 19.4 Å². The lowest BCUT2D eigenvalue weighted by Crippen LogP contribution is -2.34. The molecule has 1 heterocycles. The Hall–Kier alpha value is -3.38. The van der Waals surface area contributed by atoms with E-state index >= 15 is 0 Å². The Bertz CT molecular complexity index is 1030. The highest BCUT2D eigenvalue weighted by atomic mass is 32.1. The summed E-state index contributed by atoms with van der Waals surface area (Å²) < 4.78 is 5.77. The molecule has 3 aromatic rings. The van der Waals surface area contributed by atoms with E-state index in [9.17, 15) is 4.79 Å². The van der Waals surface area contributed by atoms with Crippen LogP contribution in [0.5, 0.6) is 5.75 Å². The number of thiocarbonyl (C=S) groups is 1. The number of hydrogen-bond acceptors (Lipinski definition) is 4. The van der Waals surface area contributed by atoms with Crippen molar-refractivity contribution in [1.82, 2.24) is 5.32 Å². The molecule has 5 nitrogen and oxygen atoms in total. The number of carbonyl (C=O) groups is 1. The van der Waals surface area contributed by atoms with Gasteiger partial charge in [0.25, 0.3) is 5.91 Å². The molecule has 0 aromatic heterocycles. The quantitative estimate of drug-likeness (QED) is 0.539. The summed E-state index contributed by atoms with van der Waals surface area (Å²) in [4.78, 5) is 14.9. The first-order chi connectivity index (χ1) is 15.2. The number of carbonyl (C=O) groups excluding carboxylic acids is 1. The Morgan fingerprint density at radius 1 is 0.903 bits per heavy atom. The monoisotopic (exact) mass is 431 g/mol. The molecule has 0 spiro atoms. The van der Waals surface area contributed by atoms with Gasteiger partial charge in [0.1, 0.15) is 12.4 Å². The summed E-state index contributed by atoms with van der Waals surface area (Å²) in [5, 5.41) is 6.21. The molecule has 4 rings (SSSR count). The van der Waals surface area contributed by atoms with Crippen molar-refractivity contribution in [2.24, 2.45) is 0 Å². The van der Waals surface area contributed by atoms with Gasteiger partial charge in [0, 0.05) is 18.7 Å². The number of hydrogen-bond donors (Lipinski definition) is 2. The normalized spacial score (nSPS) is 13.0. The number of rotatable bonds is 6. The molecule has 0 bridgehead atoms. The number of amides is 1. The Morgan fingerprint density at radius 3 is 2.32 bits per heavy atom. The highest BCUT2D eigenvalue weighted by Gasteiger charge is 2.16. The third-order valence-electron chi connectivity index (χ3n) is 5.19. The topological polar surface area (TPSA) is 53.6 Å². The number of benzene rings is 3. The van der Waals surface area contributed by atoms with Gasteiger partial charge in [-0.15, -0.1) is 0 Å². The SMILES string of the molecule is O=C(NC(=S)Nc1ccccc1N1CCCC1)c1ccc(OCc2ccccc2)cc1. The van der Waals surface area contributed by atoms with Crippen LogP contribution in [0.1, 0.15) is 28.8 Å². The van der Waals surface area contributed by atoms with E-state index in [0.29, 0.717) is 17.9 Å². The number of anilines is 2. The maximum absolute atomic E-state index is 12.6. The van der Waals surface area contributed by atoms with E-state index in [1.807, 2.05) is 48.5 Å². The van der Waals surface area contributed by atoms with Crippen molar-refractivity contribution in [2.75, 3.05) is 23.3 Å². The van der Waals surface area contributed by atoms with Gasteiger partial charge in [-0.05, 0) is 67.0 Å². The minimum absolute atomic E-state index is 0.259. The number of para-hydroxylation sites is 2. The Balaban J connectivity index is 1.32. The molecule has 1 saturated heterocycles. The summed E-state index contributed by atoms with van der Waals surface area (Å²) in [6, 6.07) is 25.0. The molecule has 31 heavy (non-hydrogen) atoms. The fraction of sp³-hybridized carbons (Fsp3) is 0.200. The van der Waals surface area contributed by atoms with E-state index in [-0.39, 0.29) is 11.0 Å². The smallest absolute Gasteiger partial charge is 0.257 e. The van der Waals surface area contributed by atoms with Gasteiger partial charge < -0.3 is 15.0 Å². The molecule has 3 aromatic carbocycles. The van der Waals surface area contributed by atoms with E-state index in [0.717, 1.165) is 30.0 Å². The van der Waals surface area contributed by atoms with E-state index in [2.05, 4.69) is 21.6 Å². The summed E-state index contributed by atoms with van der Waals surface area (Å²) in [5.74, 6) is 0.450. The van der Waals surface area contributed by atoms with E-state index in [4.69, 9.17) is 17.0 Å². The Labute approximate surface area is 188 Å². The van der Waals surface area contributed by atoms with Crippen LogP contribution in [0.4, 0.5) is 11.4 Å². The summed E-state index contributed by atoms with van der Waals surface area (Å²) in [5.41, 5.74) is 3.62. The molecule has 6 heteroatoms. The van der Waals surface area contributed by atoms with Crippen LogP contribution in [-0.4, -0.2) is 24.1 Å². The molecule has 0 saturated carbocycles. The predicted octanol–water partition coefficient (Wildman–Crippen LogP) is 4.99. The second-order valence-corrected chi connectivity index (χ2v) is 7.83. The van der Waals surface area contributed by atoms with Crippen molar-refractivity contribution < 1.29 is 9.53 Å². The summed E-state index contributed by atoms with van der Waals surface area (Å²) in [7, 11) is 0. The second-order valence-electron chi connectivity index (χ2n) is 7.42. The number of nitrogens with zero attached hydrogens (tertiary/aromatic N) is 1. The van der Waals surface area contributed by atoms with Gasteiger partial charge in [0.2, 0.25) is 0 Å². The van der Waals surface area contributed by atoms with Crippen molar-refractivity contribution in [3.63, 3.8) is 0 Å². The van der Waals surface area contributed by atoms with Gasteiger partial charge in [0.15, 0.2) is 5.11 Å². The first-order valence-corrected chi connectivity index (χ1v) is 10.8. The van der Waals surface area contributed by atoms with Crippen molar-refractivity contribution in [3.05, 3.63) is 90.0 Å². The molecule has 1 amide bonds. The molecule has 1 aliphatic rings. The standard InChI is InChI=1S/C25H25N3O2S/c29-24(20-12-14-21(15-13-20)30-18-19-8-2-1-3-9-19)27-25(31)26-22-10-4-5-11-23(22)28-16-6-7-17-28/h1-5,8-15H,6-7,16-18H2,(H2,26,27,29,31). The zero-order chi connectivity index (χ0) is 21.5. The van der Waals surface area contributed by atoms with Crippen molar-refractivity contribution in [1.29, 1.82) is 0 Å². The first kappa shape index (κ1) is 20.9. The lowest BCUT2D eigenvalue weighted by Gasteiger charge is -2.22. The van der Waals surface area contributed by atoms with Crippen LogP contribution in [0, 0.1) is 0 Å². The van der Waals surface area contributed by atoms with Crippen LogP contribution in [0.2, 0.25) is 0 Å². The molecule has 1 aliphatic heterocycles. The van der Waals surface area contributed by atoms with Gasteiger partial charge >= 0.3 is 0 Å². The minimum atomic E-state index is -0.259. The largest absolute Gasteiger partial charge is 0.489 e. The van der Waals surface area contributed by atoms with Gasteiger partial charge in [0.05, 0.1) is 11.4 Å². The second kappa shape index (κ2) is 10.1. The number of ether oxygens (including phenoxy) is 1. The fourth-order valence-corrected chi connectivity index (χ4v) is 3.79. The van der Waals surface area contributed by atoms with Crippen molar-refractivity contribution >= 4 is 34.6 Å². The minimum Gasteiger partial charge on any atom is -0.489 e. The fourth-order valence-electron chi connectivity index (χ4n) is 3.59. The molecule has 0 radical (unpaired) electrons. The summed E-state index contributed by atoms with van der Waals surface area (Å²) in [6.45, 7) is 2.56. The van der Waals surface area contributed by atoms with Crippen LogP contribution in [-0.2, 0) is 6.61 Å². The third-order valence-corrected chi connectivity index (χ3v) is 5.40. The molecular formula is C25H25N3O2S. The summed E-state index contributed by atoms with van der Waals surface area (Å²) in [6.07, 6.45) is 2.39. The highest BCUT2D eigenvalue weighted by Crippen LogP contribution is 2.28. The Morgan fingerprint density at radius 2 is 1.58 bits per heavy atom. The van der Waals surface area contributed by atoms with Gasteiger partial charge in [-0.2, -0.15) is 0 Å². The lowest BCUT2D eigenvalue weighted by atomic mass is 10.2. The zero-order valence-electron chi connectivity index (χ0n) is 17.2. The van der Waals surface area contributed by atoms with Crippen molar-refractivity contribution in [3.8, 4) is 5.75 Å². The van der Waals surface area contributed by atoms with Gasteiger partial charge in [-0.3, -0.25) is 10.1 Å². The molecule has 0 aliphatic carbocycles. The average Bonchev–Trinajstić information content (AvgIpc) is 3.34. The molecule has 0 unspecified atom stereocenters. The summed E-state index contributed by atoms with van der Waals surface area (Å²) >= 11 is 5.38. The number of nitrogens with one attached hydrogen (secondary N) is 2. The van der Waals surface area contributed by atoms with Gasteiger partial charge in [-0.1, -0.05) is 42.5 Å². The maximum atomic E-state index is 12.6. The van der Waals surface area contributed by atoms with Crippen LogP contribution >= 0.6 is 12.2 Å². The zero-order valence-corrected chi connectivity index (χ0v) is 18.0. The third kappa shape index (κ3) is 5.61. The van der Waals surface area contributed by atoms with E-state index in [1.54, 1.807) is 24.3 Å². The maximum Gasteiger partial charge on any atom is 0.257 e. The Kier molecular flexibility index (Phi) is 6.79. The molecule has 0 atom stereocenters. The molecule has 158 valence electrons. The molecular weight excluding hydrogens is 406 g/mol. The van der Waals surface area contributed by atoms with E-state index < -0.39 is 0 Å². The first-order valence-electron chi connectivity index (χ1n) is 10.4. The molecule has 1 fully saturated rings. The highest BCUT2D eigenvalue weighted by molar-refractivity contribution is 7.80. The van der Waals surface area contributed by atoms with E-state index in [1.165, 1.54) is 12.8 Å². The van der Waals surface area contributed by atoms with Crippen LogP contribution in [0.3, 0.4) is 0 Å².